The van der Waals surface area contributed by atoms with Crippen molar-refractivity contribution in [1.82, 2.24) is 9.62 Å². The highest BCUT2D eigenvalue weighted by Crippen LogP contribution is 2.49. The standard InChI is InChI=1S/C43H50N3O9PS/c1-31(2)26-46(57(51,52)39-22-18-37(44)19-23-39)27-42(48)40(45-43(49)36-17-14-32(3)41(47)25-36)24-33-15-20-38(21-16-33)53-30-56(50,54-28-34-10-6-4-7-11-34)55-29-35-12-8-5-9-13-35/h4-23,25,31,40,42,47-48H,24,26-30,44H2,1-3H3,(H,45,49)/t40-,42+/m0/s1. The van der Waals surface area contributed by atoms with E-state index < -0.39 is 35.7 Å². The monoisotopic (exact) mass is 815 g/mol. The highest BCUT2D eigenvalue weighted by Gasteiger charge is 2.32. The Kier molecular flexibility index (Phi) is 15.1. The lowest BCUT2D eigenvalue weighted by atomic mass is 10.00. The SMILES string of the molecule is Cc1ccc(C(=O)N[C@@H](Cc2ccc(OCP(=O)(OCc3ccccc3)OCc3ccccc3)cc2)[C@H](O)CN(CC(C)C)S(=O)(=O)c2ccc(N)cc2)cc1O. The lowest BCUT2D eigenvalue weighted by molar-refractivity contribution is 0.0775. The molecule has 0 fully saturated rings. The second-order valence-electron chi connectivity index (χ2n) is 14.2. The molecule has 0 bridgehead atoms. The molecule has 5 aromatic carbocycles. The van der Waals surface area contributed by atoms with Crippen molar-refractivity contribution in [2.24, 2.45) is 5.92 Å². The molecule has 12 nitrogen and oxygen atoms in total. The summed E-state index contributed by atoms with van der Waals surface area (Å²) in [6.07, 6.45) is -1.62. The van der Waals surface area contributed by atoms with Crippen molar-refractivity contribution < 1.29 is 41.8 Å². The summed E-state index contributed by atoms with van der Waals surface area (Å²) >= 11 is 0. The number of nitrogens with zero attached hydrogens (tertiary/aromatic N) is 1. The van der Waals surface area contributed by atoms with E-state index in [0.29, 0.717) is 22.6 Å². The number of ether oxygens (including phenoxy) is 1. The van der Waals surface area contributed by atoms with Crippen LogP contribution in [-0.4, -0.2) is 60.4 Å². The van der Waals surface area contributed by atoms with Gasteiger partial charge in [0, 0.05) is 24.3 Å². The van der Waals surface area contributed by atoms with Gasteiger partial charge in [0.2, 0.25) is 10.0 Å². The Labute approximate surface area is 334 Å². The van der Waals surface area contributed by atoms with Crippen molar-refractivity contribution in [2.45, 2.75) is 57.4 Å². The van der Waals surface area contributed by atoms with E-state index in [1.807, 2.05) is 74.5 Å². The van der Waals surface area contributed by atoms with Crippen LogP contribution < -0.4 is 15.8 Å². The van der Waals surface area contributed by atoms with Gasteiger partial charge in [-0.2, -0.15) is 4.31 Å². The van der Waals surface area contributed by atoms with Crippen molar-refractivity contribution in [3.05, 3.63) is 155 Å². The second kappa shape index (κ2) is 19.9. The number of phenols is 1. The first-order valence-corrected chi connectivity index (χ1v) is 21.7. The van der Waals surface area contributed by atoms with E-state index in [2.05, 4.69) is 5.32 Å². The van der Waals surface area contributed by atoms with Crippen molar-refractivity contribution in [3.8, 4) is 11.5 Å². The zero-order valence-electron chi connectivity index (χ0n) is 32.2. The molecule has 0 radical (unpaired) electrons. The molecular formula is C43H50N3O9PS. The van der Waals surface area contributed by atoms with Gasteiger partial charge in [0.25, 0.3) is 5.91 Å². The summed E-state index contributed by atoms with van der Waals surface area (Å²) in [6, 6.07) is 34.8. The molecular weight excluding hydrogens is 766 g/mol. The average molecular weight is 816 g/mol. The molecule has 0 aliphatic carbocycles. The van der Waals surface area contributed by atoms with Gasteiger partial charge in [-0.3, -0.25) is 9.36 Å². The number of hydrogen-bond acceptors (Lipinski definition) is 10. The van der Waals surface area contributed by atoms with Crippen LogP contribution in [0.5, 0.6) is 11.5 Å². The molecule has 1 amide bonds. The highest BCUT2D eigenvalue weighted by molar-refractivity contribution is 7.89. The Hall–Kier alpha value is -5.01. The molecule has 0 aromatic heterocycles. The van der Waals surface area contributed by atoms with Gasteiger partial charge in [-0.05, 0) is 90.0 Å². The number of rotatable bonds is 20. The molecule has 57 heavy (non-hydrogen) atoms. The third-order valence-electron chi connectivity index (χ3n) is 9.04. The first kappa shape index (κ1) is 43.1. The van der Waals surface area contributed by atoms with Crippen molar-refractivity contribution in [2.75, 3.05) is 25.2 Å². The van der Waals surface area contributed by atoms with Gasteiger partial charge < -0.3 is 35.0 Å². The molecule has 5 rings (SSSR count). The summed E-state index contributed by atoms with van der Waals surface area (Å²) in [5.41, 5.74) is 9.30. The summed E-state index contributed by atoms with van der Waals surface area (Å²) in [5, 5.41) is 24.9. The van der Waals surface area contributed by atoms with E-state index in [1.165, 1.54) is 34.6 Å². The number of nitrogens with one attached hydrogen (secondary N) is 1. The predicted octanol–water partition coefficient (Wildman–Crippen LogP) is 7.29. The molecule has 0 saturated carbocycles. The molecule has 5 N–H and O–H groups in total. The predicted molar refractivity (Wildman–Crippen MR) is 220 cm³/mol. The van der Waals surface area contributed by atoms with Crippen LogP contribution in [0.25, 0.3) is 0 Å². The maximum absolute atomic E-state index is 13.9. The molecule has 0 aliphatic heterocycles. The van der Waals surface area contributed by atoms with E-state index in [-0.39, 0.29) is 61.2 Å². The number of carbonyl (C=O) groups excluding carboxylic acids is 1. The number of nitrogen functional groups attached to an aromatic ring is 1. The number of phenolic OH excluding ortho intramolecular Hbond substituents is 1. The molecule has 5 aromatic rings. The highest BCUT2D eigenvalue weighted by atomic mass is 32.2. The van der Waals surface area contributed by atoms with Crippen LogP contribution in [0, 0.1) is 12.8 Å². The number of anilines is 1. The van der Waals surface area contributed by atoms with E-state index >= 15 is 0 Å². The molecule has 0 spiro atoms. The lowest BCUT2D eigenvalue weighted by Crippen LogP contribution is -2.51. The smallest absolute Gasteiger partial charge is 0.368 e. The quantitative estimate of drug-likeness (QED) is 0.0461. The zero-order valence-corrected chi connectivity index (χ0v) is 33.9. The summed E-state index contributed by atoms with van der Waals surface area (Å²) in [6.45, 7) is 5.35. The Bertz CT molecular complexity index is 2160. The Morgan fingerprint density at radius 1 is 0.807 bits per heavy atom. The number of aliphatic hydroxyl groups excluding tert-OH is 1. The van der Waals surface area contributed by atoms with Gasteiger partial charge in [0.1, 0.15) is 11.5 Å². The molecule has 302 valence electrons. The zero-order chi connectivity index (χ0) is 41.0. The number of amides is 1. The number of carbonyl (C=O) groups is 1. The summed E-state index contributed by atoms with van der Waals surface area (Å²) < 4.78 is 60.3. The number of aliphatic hydroxyl groups is 1. The van der Waals surface area contributed by atoms with E-state index in [4.69, 9.17) is 19.5 Å². The largest absolute Gasteiger partial charge is 0.508 e. The van der Waals surface area contributed by atoms with Gasteiger partial charge >= 0.3 is 7.60 Å². The fourth-order valence-electron chi connectivity index (χ4n) is 5.82. The number of sulfonamides is 1. The van der Waals surface area contributed by atoms with Gasteiger partial charge in [-0.15, -0.1) is 0 Å². The van der Waals surface area contributed by atoms with Gasteiger partial charge in [-0.1, -0.05) is 92.7 Å². The van der Waals surface area contributed by atoms with Gasteiger partial charge in [-0.25, -0.2) is 8.42 Å². The molecule has 0 saturated heterocycles. The fourth-order valence-corrected chi connectivity index (χ4v) is 8.67. The van der Waals surface area contributed by atoms with Gasteiger partial charge in [0.15, 0.2) is 6.35 Å². The van der Waals surface area contributed by atoms with Crippen LogP contribution in [0.2, 0.25) is 0 Å². The van der Waals surface area contributed by atoms with Crippen LogP contribution in [0.15, 0.2) is 132 Å². The molecule has 14 heteroatoms. The third kappa shape index (κ3) is 12.7. The minimum atomic E-state index is -4.06. The maximum atomic E-state index is 13.9. The number of benzene rings is 5. The maximum Gasteiger partial charge on any atom is 0.368 e. The molecule has 0 aliphatic rings. The second-order valence-corrected chi connectivity index (χ2v) is 18.1. The minimum absolute atomic E-state index is 0.0244. The Morgan fingerprint density at radius 2 is 1.39 bits per heavy atom. The van der Waals surface area contributed by atoms with Crippen LogP contribution in [0.1, 0.15) is 46.5 Å². The summed E-state index contributed by atoms with van der Waals surface area (Å²) in [5.74, 6) is -0.333. The molecule has 0 heterocycles. The van der Waals surface area contributed by atoms with Crippen LogP contribution in [0.4, 0.5) is 5.69 Å². The van der Waals surface area contributed by atoms with Crippen LogP contribution in [-0.2, 0) is 43.3 Å². The minimum Gasteiger partial charge on any atom is -0.508 e. The average Bonchev–Trinajstić information content (AvgIpc) is 3.20. The normalized spacial score (nSPS) is 13.0. The van der Waals surface area contributed by atoms with E-state index in [9.17, 15) is 28.0 Å². The lowest BCUT2D eigenvalue weighted by Gasteiger charge is -2.31. The third-order valence-corrected chi connectivity index (χ3v) is 12.4. The van der Waals surface area contributed by atoms with Crippen molar-refractivity contribution >= 4 is 29.2 Å². The number of nitrogens with two attached hydrogens (primary N) is 1. The van der Waals surface area contributed by atoms with Crippen molar-refractivity contribution in [1.29, 1.82) is 0 Å². The Morgan fingerprint density at radius 3 is 1.93 bits per heavy atom. The van der Waals surface area contributed by atoms with Crippen LogP contribution in [0.3, 0.4) is 0 Å². The Balaban J connectivity index is 1.33. The first-order valence-electron chi connectivity index (χ1n) is 18.5. The van der Waals surface area contributed by atoms with Crippen molar-refractivity contribution in [3.63, 3.8) is 0 Å². The number of aromatic hydroxyl groups is 1. The molecule has 0 unspecified atom stereocenters. The van der Waals surface area contributed by atoms with Crippen LogP contribution >= 0.6 is 7.60 Å². The number of hydrogen-bond donors (Lipinski definition) is 4. The first-order chi connectivity index (χ1) is 27.2. The van der Waals surface area contributed by atoms with E-state index in [1.54, 1.807) is 43.3 Å². The topological polar surface area (TPSA) is 178 Å². The molecule has 2 atom stereocenters. The fraction of sp³-hybridized carbons (Fsp3) is 0.279. The van der Waals surface area contributed by atoms with E-state index in [0.717, 1.165) is 11.1 Å². The summed E-state index contributed by atoms with van der Waals surface area (Å²) in [7, 11) is -7.82. The summed E-state index contributed by atoms with van der Waals surface area (Å²) in [4.78, 5) is 13.5. The number of aryl methyl sites for hydroxylation is 1. The van der Waals surface area contributed by atoms with Gasteiger partial charge in [0.05, 0.1) is 30.3 Å².